The normalized spacial score (nSPS) is 16.8. The number of nitrogens with zero attached hydrogens (tertiary/aromatic N) is 4. The molecule has 1 aliphatic heterocycles. The first kappa shape index (κ1) is 23.2. The molecule has 2 aromatic heterocycles. The topological polar surface area (TPSA) is 71.2 Å². The summed E-state index contributed by atoms with van der Waals surface area (Å²) in [5.41, 5.74) is 1.18. The average molecular weight is 477 g/mol. The minimum Gasteiger partial charge on any atom is -0.387 e. The molecule has 0 radical (unpaired) electrons. The van der Waals surface area contributed by atoms with Gasteiger partial charge in [0.25, 0.3) is 5.92 Å². The third-order valence-electron chi connectivity index (χ3n) is 5.56. The van der Waals surface area contributed by atoms with Crippen LogP contribution in [0.4, 0.5) is 19.1 Å². The van der Waals surface area contributed by atoms with Crippen LogP contribution in [0, 0.1) is 19.7 Å². The monoisotopic (exact) mass is 476 g/mol. The molecule has 1 N–H and O–H groups in total. The van der Waals surface area contributed by atoms with E-state index in [1.807, 2.05) is 0 Å². The summed E-state index contributed by atoms with van der Waals surface area (Å²) in [7, 11) is 0. The van der Waals surface area contributed by atoms with Crippen molar-refractivity contribution in [3.05, 3.63) is 79.4 Å². The number of aliphatic hydroxyl groups excluding tert-OH is 1. The van der Waals surface area contributed by atoms with Gasteiger partial charge in [0, 0.05) is 18.3 Å². The number of aliphatic hydroxyl groups is 1. The summed E-state index contributed by atoms with van der Waals surface area (Å²) < 4.78 is 42.2. The maximum Gasteiger partial charge on any atom is 0.352 e. The summed E-state index contributed by atoms with van der Waals surface area (Å²) in [5, 5.41) is 10.6. The van der Waals surface area contributed by atoms with Gasteiger partial charge in [0.15, 0.2) is 0 Å². The Morgan fingerprint density at radius 1 is 1.21 bits per heavy atom. The molecule has 0 unspecified atom stereocenters. The summed E-state index contributed by atoms with van der Waals surface area (Å²) in [6, 6.07) is 7.74. The van der Waals surface area contributed by atoms with Crippen molar-refractivity contribution in [2.24, 2.45) is 0 Å². The largest absolute Gasteiger partial charge is 0.387 e. The second-order valence-electron chi connectivity index (χ2n) is 8.14. The number of alkyl halides is 2. The number of thiophene rings is 1. The highest BCUT2D eigenvalue weighted by atomic mass is 32.1. The van der Waals surface area contributed by atoms with E-state index >= 15 is 0 Å². The van der Waals surface area contributed by atoms with Crippen molar-refractivity contribution >= 4 is 22.9 Å². The van der Waals surface area contributed by atoms with E-state index in [1.165, 1.54) is 16.7 Å². The Balaban J connectivity index is 1.55. The maximum atomic E-state index is 13.9. The number of β-amino-alcohol motifs (C(OH)–C–C–N with tert-alkyl or cyclic N) is 1. The van der Waals surface area contributed by atoms with E-state index in [0.717, 1.165) is 18.3 Å². The number of rotatable bonds is 5. The van der Waals surface area contributed by atoms with Crippen molar-refractivity contribution in [3.8, 4) is 0 Å². The van der Waals surface area contributed by atoms with Crippen LogP contribution in [0.1, 0.15) is 33.6 Å². The zero-order chi connectivity index (χ0) is 23.9. The summed E-state index contributed by atoms with van der Waals surface area (Å²) >= 11 is 0.941. The van der Waals surface area contributed by atoms with Crippen molar-refractivity contribution in [3.63, 3.8) is 0 Å². The maximum absolute atomic E-state index is 13.9. The highest BCUT2D eigenvalue weighted by molar-refractivity contribution is 7.12. The molecule has 174 valence electrons. The second-order valence-corrected chi connectivity index (χ2v) is 9.31. The number of aryl methyl sites for hydroxylation is 2. The minimum absolute atomic E-state index is 0.0703. The number of benzene rings is 1. The lowest BCUT2D eigenvalue weighted by molar-refractivity contribution is 0.0215. The van der Waals surface area contributed by atoms with E-state index in [0.29, 0.717) is 33.9 Å². The van der Waals surface area contributed by atoms with E-state index in [4.69, 9.17) is 0 Å². The third kappa shape index (κ3) is 4.86. The van der Waals surface area contributed by atoms with Crippen molar-refractivity contribution in [1.82, 2.24) is 14.5 Å². The fourth-order valence-corrected chi connectivity index (χ4v) is 4.59. The molecule has 3 heterocycles. The quantitative estimate of drug-likeness (QED) is 0.605. The van der Waals surface area contributed by atoms with Crippen molar-refractivity contribution in [2.45, 2.75) is 39.3 Å². The van der Waals surface area contributed by atoms with Crippen molar-refractivity contribution in [2.75, 3.05) is 18.0 Å². The lowest BCUT2D eigenvalue weighted by atomic mass is 9.96. The van der Waals surface area contributed by atoms with Crippen LogP contribution in [-0.2, 0) is 12.5 Å². The Bertz CT molecular complexity index is 1280. The van der Waals surface area contributed by atoms with Gasteiger partial charge >= 0.3 is 5.69 Å². The molecule has 1 atom stereocenters. The van der Waals surface area contributed by atoms with Crippen LogP contribution < -0.4 is 10.6 Å². The van der Waals surface area contributed by atoms with Gasteiger partial charge in [-0.25, -0.2) is 18.0 Å². The fourth-order valence-electron chi connectivity index (χ4n) is 3.66. The Morgan fingerprint density at radius 2 is 1.97 bits per heavy atom. The molecule has 0 aliphatic carbocycles. The molecular formula is C23H23F3N4O2S. The number of hydrogen-bond acceptors (Lipinski definition) is 6. The summed E-state index contributed by atoms with van der Waals surface area (Å²) in [5.74, 6) is -2.72. The zero-order valence-corrected chi connectivity index (χ0v) is 19.2. The Hall–Kier alpha value is -2.98. The molecule has 33 heavy (non-hydrogen) atoms. The van der Waals surface area contributed by atoms with Gasteiger partial charge in [-0.1, -0.05) is 18.2 Å². The first-order valence-corrected chi connectivity index (χ1v) is 11.2. The fraction of sp³-hybridized carbons (Fsp3) is 0.348. The molecule has 0 spiro atoms. The molecule has 0 bridgehead atoms. The van der Waals surface area contributed by atoms with Crippen LogP contribution in [0.5, 0.6) is 0 Å². The van der Waals surface area contributed by atoms with Crippen molar-refractivity contribution in [1.29, 1.82) is 0 Å². The highest BCUT2D eigenvalue weighted by Crippen LogP contribution is 2.33. The third-order valence-corrected chi connectivity index (χ3v) is 6.80. The van der Waals surface area contributed by atoms with Gasteiger partial charge in [0.1, 0.15) is 11.6 Å². The van der Waals surface area contributed by atoms with Crippen LogP contribution in [0.25, 0.3) is 5.57 Å². The molecule has 0 saturated carbocycles. The lowest BCUT2D eigenvalue weighted by Gasteiger charge is -2.30. The van der Waals surface area contributed by atoms with Gasteiger partial charge in [-0.15, -0.1) is 11.3 Å². The van der Waals surface area contributed by atoms with E-state index in [1.54, 1.807) is 43.0 Å². The van der Waals surface area contributed by atoms with E-state index in [2.05, 4.69) is 9.97 Å². The first-order valence-electron chi connectivity index (χ1n) is 10.3. The molecule has 0 amide bonds. The van der Waals surface area contributed by atoms with Gasteiger partial charge in [-0.05, 0) is 48.7 Å². The van der Waals surface area contributed by atoms with Gasteiger partial charge in [-0.3, -0.25) is 4.57 Å². The van der Waals surface area contributed by atoms with Crippen LogP contribution in [0.2, 0.25) is 0 Å². The Morgan fingerprint density at radius 3 is 2.58 bits per heavy atom. The summed E-state index contributed by atoms with van der Waals surface area (Å²) in [6.45, 7) is 4.73. The molecule has 0 fully saturated rings. The molecule has 1 aromatic carbocycles. The molecule has 1 aliphatic rings. The minimum atomic E-state index is -2.94. The van der Waals surface area contributed by atoms with E-state index < -0.39 is 17.7 Å². The SMILES string of the molecule is Cc1ccc(C2=CCN(c3nc(C)n(Cc4ccc(C(C)(F)F)s4)c(=O)n3)C[C@@H]2O)cc1F. The number of halogens is 3. The Labute approximate surface area is 192 Å². The smallest absolute Gasteiger partial charge is 0.352 e. The van der Waals surface area contributed by atoms with Crippen LogP contribution in [0.15, 0.2) is 41.2 Å². The van der Waals surface area contributed by atoms with Crippen molar-refractivity contribution < 1.29 is 18.3 Å². The summed E-state index contributed by atoms with van der Waals surface area (Å²) in [6.07, 6.45) is 0.855. The van der Waals surface area contributed by atoms with Crippen LogP contribution in [-0.4, -0.2) is 38.8 Å². The van der Waals surface area contributed by atoms with E-state index in [9.17, 15) is 23.1 Å². The van der Waals surface area contributed by atoms with Gasteiger partial charge in [0.05, 0.1) is 24.1 Å². The molecule has 3 aromatic rings. The standard InChI is InChI=1S/C23H23F3N4O2S/c1-13-4-5-15(10-18(13)24)17-8-9-29(12-19(17)31)21-27-14(2)30(22(32)28-21)11-16-6-7-20(33-16)23(3,25)26/h4-8,10,19,31H,9,11-12H2,1-3H3/t19-/m0/s1. The number of hydrogen-bond donors (Lipinski definition) is 1. The predicted octanol–water partition coefficient (Wildman–Crippen LogP) is 3.88. The molecule has 0 saturated heterocycles. The van der Waals surface area contributed by atoms with Gasteiger partial charge in [-0.2, -0.15) is 9.97 Å². The van der Waals surface area contributed by atoms with Crippen LogP contribution in [0.3, 0.4) is 0 Å². The van der Waals surface area contributed by atoms with Gasteiger partial charge < -0.3 is 10.0 Å². The highest BCUT2D eigenvalue weighted by Gasteiger charge is 2.27. The lowest BCUT2D eigenvalue weighted by Crippen LogP contribution is -2.40. The molecule has 10 heteroatoms. The molecule has 6 nitrogen and oxygen atoms in total. The first-order chi connectivity index (χ1) is 15.5. The number of aromatic nitrogens is 3. The molecule has 4 rings (SSSR count). The van der Waals surface area contributed by atoms with Gasteiger partial charge in [0.2, 0.25) is 5.95 Å². The molecular weight excluding hydrogens is 453 g/mol. The zero-order valence-electron chi connectivity index (χ0n) is 18.3. The predicted molar refractivity (Wildman–Crippen MR) is 121 cm³/mol. The van der Waals surface area contributed by atoms with E-state index in [-0.39, 0.29) is 29.7 Å². The second kappa shape index (κ2) is 8.75. The summed E-state index contributed by atoms with van der Waals surface area (Å²) in [4.78, 5) is 23.3. The number of anilines is 1. The van der Waals surface area contributed by atoms with Crippen LogP contribution >= 0.6 is 11.3 Å². The average Bonchev–Trinajstić information content (AvgIpc) is 3.22. The Kier molecular flexibility index (Phi) is 6.15.